The monoisotopic (exact) mass is 313 g/mol. The van der Waals surface area contributed by atoms with Gasteiger partial charge in [0.05, 0.1) is 5.02 Å². The van der Waals surface area contributed by atoms with E-state index in [1.54, 1.807) is 12.1 Å². The summed E-state index contributed by atoms with van der Waals surface area (Å²) >= 11 is 5.86. The molecule has 0 atom stereocenters. The summed E-state index contributed by atoms with van der Waals surface area (Å²) in [7, 11) is 0. The zero-order chi connectivity index (χ0) is 15.4. The highest BCUT2D eigenvalue weighted by Crippen LogP contribution is 2.29. The van der Waals surface area contributed by atoms with E-state index in [2.05, 4.69) is 10.1 Å². The Morgan fingerprint density at radius 3 is 2.67 bits per heavy atom. The smallest absolute Gasteiger partial charge is 0.387 e. The van der Waals surface area contributed by atoms with Crippen LogP contribution >= 0.6 is 11.6 Å². The van der Waals surface area contributed by atoms with Crippen molar-refractivity contribution in [3.05, 3.63) is 52.5 Å². The SMILES string of the molecule is Cc1ccc(O)c(CNc2ccc(OC(F)F)c(Cl)c2)c1. The Balaban J connectivity index is 2.07. The van der Waals surface area contributed by atoms with Crippen LogP contribution in [-0.4, -0.2) is 11.7 Å². The fourth-order valence-electron chi connectivity index (χ4n) is 1.86. The van der Waals surface area contributed by atoms with Gasteiger partial charge in [-0.1, -0.05) is 29.3 Å². The zero-order valence-corrected chi connectivity index (χ0v) is 12.0. The van der Waals surface area contributed by atoms with E-state index in [9.17, 15) is 13.9 Å². The second-order valence-corrected chi connectivity index (χ2v) is 4.92. The van der Waals surface area contributed by atoms with Gasteiger partial charge < -0.3 is 15.2 Å². The van der Waals surface area contributed by atoms with Crippen molar-refractivity contribution in [3.8, 4) is 11.5 Å². The van der Waals surface area contributed by atoms with Crippen LogP contribution in [0.2, 0.25) is 5.02 Å². The molecule has 2 rings (SSSR count). The highest BCUT2D eigenvalue weighted by molar-refractivity contribution is 6.32. The first-order valence-electron chi connectivity index (χ1n) is 6.22. The molecular formula is C15H14ClF2NO2. The summed E-state index contributed by atoms with van der Waals surface area (Å²) in [5.41, 5.74) is 2.41. The molecule has 0 fully saturated rings. The van der Waals surface area contributed by atoms with Crippen LogP contribution in [0.25, 0.3) is 0 Å². The number of phenols is 1. The number of alkyl halides is 2. The van der Waals surface area contributed by atoms with Crippen LogP contribution in [0.1, 0.15) is 11.1 Å². The number of aryl methyl sites for hydroxylation is 1. The molecule has 0 unspecified atom stereocenters. The molecule has 0 aliphatic carbocycles. The summed E-state index contributed by atoms with van der Waals surface area (Å²) in [4.78, 5) is 0. The highest BCUT2D eigenvalue weighted by atomic mass is 35.5. The van der Waals surface area contributed by atoms with Crippen LogP contribution in [0.5, 0.6) is 11.5 Å². The Hall–Kier alpha value is -2.01. The third-order valence-corrected chi connectivity index (χ3v) is 3.16. The number of hydrogen-bond acceptors (Lipinski definition) is 3. The van der Waals surface area contributed by atoms with Gasteiger partial charge in [-0.15, -0.1) is 0 Å². The van der Waals surface area contributed by atoms with Crippen LogP contribution in [0, 0.1) is 6.92 Å². The molecule has 0 spiro atoms. The van der Waals surface area contributed by atoms with Gasteiger partial charge in [0.2, 0.25) is 0 Å². The van der Waals surface area contributed by atoms with Gasteiger partial charge in [0.15, 0.2) is 0 Å². The molecule has 0 heterocycles. The number of phenolic OH excluding ortho intramolecular Hbond substituents is 1. The summed E-state index contributed by atoms with van der Waals surface area (Å²) in [6.45, 7) is -0.597. The van der Waals surface area contributed by atoms with Gasteiger partial charge in [0.25, 0.3) is 0 Å². The van der Waals surface area contributed by atoms with E-state index in [-0.39, 0.29) is 16.5 Å². The summed E-state index contributed by atoms with van der Waals surface area (Å²) in [5.74, 6) is 0.118. The standard InChI is InChI=1S/C15H14ClF2NO2/c1-9-2-4-13(20)10(6-9)8-19-11-3-5-14(12(16)7-11)21-15(17)18/h2-7,15,19-20H,8H2,1H3. The molecule has 2 aromatic rings. The second-order valence-electron chi connectivity index (χ2n) is 4.51. The molecular weight excluding hydrogens is 300 g/mol. The average molecular weight is 314 g/mol. The molecule has 3 nitrogen and oxygen atoms in total. The first kappa shape index (κ1) is 15.4. The van der Waals surface area contributed by atoms with Gasteiger partial charge in [-0.05, 0) is 31.2 Å². The van der Waals surface area contributed by atoms with E-state index in [0.29, 0.717) is 12.2 Å². The maximum Gasteiger partial charge on any atom is 0.387 e. The van der Waals surface area contributed by atoms with Gasteiger partial charge in [0, 0.05) is 17.8 Å². The Bertz CT molecular complexity index is 635. The average Bonchev–Trinajstić information content (AvgIpc) is 2.42. The lowest BCUT2D eigenvalue weighted by Gasteiger charge is -2.11. The lowest BCUT2D eigenvalue weighted by atomic mass is 10.1. The maximum atomic E-state index is 12.1. The lowest BCUT2D eigenvalue weighted by Crippen LogP contribution is -2.03. The Morgan fingerprint density at radius 2 is 2.00 bits per heavy atom. The molecule has 0 aromatic heterocycles. The molecule has 2 aromatic carbocycles. The number of benzene rings is 2. The number of nitrogens with one attached hydrogen (secondary N) is 1. The van der Waals surface area contributed by atoms with Crippen molar-refractivity contribution < 1.29 is 18.6 Å². The van der Waals surface area contributed by atoms with E-state index >= 15 is 0 Å². The van der Waals surface area contributed by atoms with Gasteiger partial charge in [0.1, 0.15) is 11.5 Å². The largest absolute Gasteiger partial charge is 0.508 e. The predicted molar refractivity (Wildman–Crippen MR) is 78.3 cm³/mol. The fraction of sp³-hybridized carbons (Fsp3) is 0.200. The van der Waals surface area contributed by atoms with Gasteiger partial charge in [-0.3, -0.25) is 0 Å². The van der Waals surface area contributed by atoms with Crippen molar-refractivity contribution in [1.29, 1.82) is 0 Å². The van der Waals surface area contributed by atoms with Crippen molar-refractivity contribution in [2.75, 3.05) is 5.32 Å². The number of ether oxygens (including phenoxy) is 1. The summed E-state index contributed by atoms with van der Waals surface area (Å²) in [6, 6.07) is 9.73. The van der Waals surface area contributed by atoms with E-state index in [0.717, 1.165) is 11.1 Å². The van der Waals surface area contributed by atoms with Crippen molar-refractivity contribution in [2.24, 2.45) is 0 Å². The first-order chi connectivity index (χ1) is 9.95. The predicted octanol–water partition coefficient (Wildman–Crippen LogP) is 4.57. The molecule has 0 saturated heterocycles. The minimum atomic E-state index is -2.91. The number of rotatable bonds is 5. The lowest BCUT2D eigenvalue weighted by molar-refractivity contribution is -0.0497. The third-order valence-electron chi connectivity index (χ3n) is 2.87. The summed E-state index contributed by atoms with van der Waals surface area (Å²) < 4.78 is 28.5. The Morgan fingerprint density at radius 1 is 1.24 bits per heavy atom. The Labute approximate surface area is 126 Å². The molecule has 112 valence electrons. The summed E-state index contributed by atoms with van der Waals surface area (Å²) in [5, 5.41) is 12.9. The molecule has 21 heavy (non-hydrogen) atoms. The van der Waals surface area contributed by atoms with Crippen LogP contribution < -0.4 is 10.1 Å². The third kappa shape index (κ3) is 4.23. The quantitative estimate of drug-likeness (QED) is 0.849. The van der Waals surface area contributed by atoms with Gasteiger partial charge in [-0.25, -0.2) is 0 Å². The Kier molecular flexibility index (Phi) is 4.85. The first-order valence-corrected chi connectivity index (χ1v) is 6.60. The number of halogens is 3. The molecule has 0 aliphatic rings. The topological polar surface area (TPSA) is 41.5 Å². The van der Waals surface area contributed by atoms with E-state index in [1.165, 1.54) is 12.1 Å². The number of aromatic hydroxyl groups is 1. The van der Waals surface area contributed by atoms with Gasteiger partial charge >= 0.3 is 6.61 Å². The van der Waals surface area contributed by atoms with Crippen LogP contribution in [0.15, 0.2) is 36.4 Å². The van der Waals surface area contributed by atoms with Crippen molar-refractivity contribution in [1.82, 2.24) is 0 Å². The van der Waals surface area contributed by atoms with Crippen molar-refractivity contribution >= 4 is 17.3 Å². The minimum absolute atomic E-state index is 0.0735. The van der Waals surface area contributed by atoms with Crippen LogP contribution in [-0.2, 0) is 6.54 Å². The molecule has 0 amide bonds. The van der Waals surface area contributed by atoms with Crippen LogP contribution in [0.3, 0.4) is 0 Å². The normalized spacial score (nSPS) is 10.7. The van der Waals surface area contributed by atoms with E-state index in [1.807, 2.05) is 19.1 Å². The highest BCUT2D eigenvalue weighted by Gasteiger charge is 2.09. The van der Waals surface area contributed by atoms with Crippen molar-refractivity contribution in [3.63, 3.8) is 0 Å². The van der Waals surface area contributed by atoms with Crippen molar-refractivity contribution in [2.45, 2.75) is 20.1 Å². The number of hydrogen-bond donors (Lipinski definition) is 2. The second kappa shape index (κ2) is 6.63. The molecule has 0 bridgehead atoms. The van der Waals surface area contributed by atoms with Gasteiger partial charge in [-0.2, -0.15) is 8.78 Å². The number of anilines is 1. The zero-order valence-electron chi connectivity index (χ0n) is 11.2. The van der Waals surface area contributed by atoms with Crippen LogP contribution in [0.4, 0.5) is 14.5 Å². The molecule has 2 N–H and O–H groups in total. The molecule has 0 saturated carbocycles. The molecule has 0 aliphatic heterocycles. The molecule has 6 heteroatoms. The minimum Gasteiger partial charge on any atom is -0.508 e. The van der Waals surface area contributed by atoms with E-state index in [4.69, 9.17) is 11.6 Å². The fourth-order valence-corrected chi connectivity index (χ4v) is 2.08. The molecule has 0 radical (unpaired) electrons. The van der Waals surface area contributed by atoms with E-state index < -0.39 is 6.61 Å². The summed E-state index contributed by atoms with van der Waals surface area (Å²) in [6.07, 6.45) is 0. The maximum absolute atomic E-state index is 12.1.